The fourth-order valence-electron chi connectivity index (χ4n) is 2.49. The molecule has 0 N–H and O–H groups in total. The van der Waals surface area contributed by atoms with Crippen molar-refractivity contribution in [3.8, 4) is 11.5 Å². The maximum absolute atomic E-state index is 12.4. The Labute approximate surface area is 153 Å². The number of benzene rings is 2. The van der Waals surface area contributed by atoms with Crippen LogP contribution in [-0.2, 0) is 0 Å². The number of rotatable bonds is 3. The van der Waals surface area contributed by atoms with Crippen molar-refractivity contribution < 1.29 is 23.5 Å². The molecule has 1 aliphatic heterocycles. The number of ketones is 1. The van der Waals surface area contributed by atoms with Crippen molar-refractivity contribution in [2.45, 2.75) is 0 Å². The highest BCUT2D eigenvalue weighted by Gasteiger charge is 2.28. The number of carbonyl (C=O) groups is 2. The molecule has 0 saturated heterocycles. The maximum atomic E-state index is 12.4. The van der Waals surface area contributed by atoms with Crippen LogP contribution in [0.15, 0.2) is 71.0 Å². The van der Waals surface area contributed by atoms with Crippen molar-refractivity contribution in [2.75, 3.05) is 0 Å². The Hall–Kier alpha value is -3.31. The van der Waals surface area contributed by atoms with Gasteiger partial charge in [0.25, 0.3) is 0 Å². The van der Waals surface area contributed by atoms with E-state index in [9.17, 15) is 9.59 Å². The van der Waals surface area contributed by atoms with Gasteiger partial charge in [-0.05, 0) is 48.5 Å². The SMILES string of the molecule is O=C(Oc1ccc2c(c1)O/C(=C\c1ccco1)C2=O)c1ccc(Cl)cc1. The third-order valence-corrected chi connectivity index (χ3v) is 4.00. The molecule has 0 bridgehead atoms. The van der Waals surface area contributed by atoms with Crippen molar-refractivity contribution in [1.82, 2.24) is 0 Å². The van der Waals surface area contributed by atoms with Gasteiger partial charge in [0.1, 0.15) is 17.3 Å². The van der Waals surface area contributed by atoms with Gasteiger partial charge in [-0.15, -0.1) is 0 Å². The highest BCUT2D eigenvalue weighted by atomic mass is 35.5. The summed E-state index contributed by atoms with van der Waals surface area (Å²) in [4.78, 5) is 24.5. The molecule has 4 rings (SSSR count). The molecule has 0 radical (unpaired) electrons. The molecule has 0 aliphatic carbocycles. The Morgan fingerprint density at radius 3 is 2.62 bits per heavy atom. The molecular formula is C20H11ClO5. The van der Waals surface area contributed by atoms with Gasteiger partial charge in [-0.3, -0.25) is 4.79 Å². The predicted molar refractivity (Wildman–Crippen MR) is 94.5 cm³/mol. The first kappa shape index (κ1) is 16.2. The van der Waals surface area contributed by atoms with Crippen LogP contribution in [0.4, 0.5) is 0 Å². The fraction of sp³-hybridized carbons (Fsp3) is 0. The molecule has 0 unspecified atom stereocenters. The van der Waals surface area contributed by atoms with E-state index in [1.807, 2.05) is 0 Å². The van der Waals surface area contributed by atoms with Crippen molar-refractivity contribution >= 4 is 29.4 Å². The first-order valence-corrected chi connectivity index (χ1v) is 8.07. The minimum atomic E-state index is -0.530. The smallest absolute Gasteiger partial charge is 0.343 e. The number of esters is 1. The summed E-state index contributed by atoms with van der Waals surface area (Å²) in [6.45, 7) is 0. The normalized spacial score (nSPS) is 14.2. The summed E-state index contributed by atoms with van der Waals surface area (Å²) in [6, 6.07) is 14.4. The Balaban J connectivity index is 1.55. The minimum Gasteiger partial charge on any atom is -0.465 e. The number of hydrogen-bond donors (Lipinski definition) is 0. The Bertz CT molecular complexity index is 1020. The quantitative estimate of drug-likeness (QED) is 0.379. The molecule has 128 valence electrons. The van der Waals surface area contributed by atoms with E-state index in [1.54, 1.807) is 48.5 Å². The van der Waals surface area contributed by atoms with E-state index in [-0.39, 0.29) is 17.3 Å². The molecule has 2 aromatic carbocycles. The number of fused-ring (bicyclic) bond motifs is 1. The summed E-state index contributed by atoms with van der Waals surface area (Å²) < 4.78 is 16.1. The number of halogens is 1. The lowest BCUT2D eigenvalue weighted by Gasteiger charge is -2.05. The zero-order valence-electron chi connectivity index (χ0n) is 13.3. The average Bonchev–Trinajstić information content (AvgIpc) is 3.24. The summed E-state index contributed by atoms with van der Waals surface area (Å²) in [5.74, 6) is 0.473. The molecule has 5 nitrogen and oxygen atoms in total. The van der Waals surface area contributed by atoms with Gasteiger partial charge in [0.05, 0.1) is 17.4 Å². The molecule has 0 fully saturated rings. The van der Waals surface area contributed by atoms with E-state index < -0.39 is 5.97 Å². The second-order valence-electron chi connectivity index (χ2n) is 5.51. The molecular weight excluding hydrogens is 356 g/mol. The van der Waals surface area contributed by atoms with Crippen LogP contribution in [0.25, 0.3) is 6.08 Å². The molecule has 2 heterocycles. The van der Waals surface area contributed by atoms with E-state index >= 15 is 0 Å². The Kier molecular flexibility index (Phi) is 4.07. The highest BCUT2D eigenvalue weighted by molar-refractivity contribution is 6.30. The lowest BCUT2D eigenvalue weighted by molar-refractivity contribution is 0.0734. The fourth-order valence-corrected chi connectivity index (χ4v) is 2.61. The second-order valence-corrected chi connectivity index (χ2v) is 5.95. The lowest BCUT2D eigenvalue weighted by atomic mass is 10.1. The van der Waals surface area contributed by atoms with E-state index in [0.717, 1.165) is 0 Å². The van der Waals surface area contributed by atoms with Crippen LogP contribution >= 0.6 is 11.6 Å². The third kappa shape index (κ3) is 3.12. The lowest BCUT2D eigenvalue weighted by Crippen LogP contribution is -2.08. The van der Waals surface area contributed by atoms with Crippen molar-refractivity contribution in [1.29, 1.82) is 0 Å². The third-order valence-electron chi connectivity index (χ3n) is 3.75. The molecule has 0 saturated carbocycles. The molecule has 0 amide bonds. The van der Waals surface area contributed by atoms with Gasteiger partial charge < -0.3 is 13.9 Å². The number of Topliss-reactive ketones (excluding diaryl/α,β-unsaturated/α-hetero) is 1. The van der Waals surface area contributed by atoms with Gasteiger partial charge in [-0.25, -0.2) is 4.79 Å². The van der Waals surface area contributed by atoms with Crippen LogP contribution in [0.1, 0.15) is 26.5 Å². The van der Waals surface area contributed by atoms with E-state index in [2.05, 4.69) is 0 Å². The van der Waals surface area contributed by atoms with Crippen molar-refractivity contribution in [3.05, 3.63) is 88.5 Å². The summed E-state index contributed by atoms with van der Waals surface area (Å²) in [5.41, 5.74) is 0.763. The van der Waals surface area contributed by atoms with Crippen LogP contribution in [0.3, 0.4) is 0 Å². The first-order valence-electron chi connectivity index (χ1n) is 7.70. The largest absolute Gasteiger partial charge is 0.465 e. The molecule has 1 aliphatic rings. The van der Waals surface area contributed by atoms with Crippen molar-refractivity contribution in [2.24, 2.45) is 0 Å². The Morgan fingerprint density at radius 1 is 1.08 bits per heavy atom. The Morgan fingerprint density at radius 2 is 1.88 bits per heavy atom. The second kappa shape index (κ2) is 6.54. The predicted octanol–water partition coefficient (Wildman–Crippen LogP) is 4.77. The van der Waals surface area contributed by atoms with Crippen LogP contribution in [0.5, 0.6) is 11.5 Å². The number of allylic oxidation sites excluding steroid dienone is 1. The molecule has 0 atom stereocenters. The van der Waals surface area contributed by atoms with Crippen LogP contribution in [0, 0.1) is 0 Å². The molecule has 1 aromatic heterocycles. The summed E-state index contributed by atoms with van der Waals surface area (Å²) in [5, 5.41) is 0.530. The molecule has 3 aromatic rings. The van der Waals surface area contributed by atoms with Gasteiger partial charge in [0.2, 0.25) is 5.78 Å². The topological polar surface area (TPSA) is 65.7 Å². The van der Waals surface area contributed by atoms with Gasteiger partial charge in [-0.2, -0.15) is 0 Å². The van der Waals surface area contributed by atoms with E-state index in [1.165, 1.54) is 18.4 Å². The number of ether oxygens (including phenoxy) is 2. The number of hydrogen-bond acceptors (Lipinski definition) is 5. The highest BCUT2D eigenvalue weighted by Crippen LogP contribution is 2.35. The van der Waals surface area contributed by atoms with E-state index in [0.29, 0.717) is 27.7 Å². The van der Waals surface area contributed by atoms with Crippen LogP contribution in [0.2, 0.25) is 5.02 Å². The van der Waals surface area contributed by atoms with Gasteiger partial charge in [0, 0.05) is 17.2 Å². The molecule has 0 spiro atoms. The first-order chi connectivity index (χ1) is 12.6. The van der Waals surface area contributed by atoms with E-state index in [4.69, 9.17) is 25.5 Å². The summed E-state index contributed by atoms with van der Waals surface area (Å²) in [6.07, 6.45) is 3.02. The zero-order chi connectivity index (χ0) is 18.1. The molecule has 26 heavy (non-hydrogen) atoms. The standard InChI is InChI=1S/C20H11ClO5/c21-13-5-3-12(4-6-13)20(23)25-15-7-8-16-17(11-15)26-18(19(16)22)10-14-2-1-9-24-14/h1-11H/b18-10-. The van der Waals surface area contributed by atoms with Crippen LogP contribution in [-0.4, -0.2) is 11.8 Å². The van der Waals surface area contributed by atoms with Gasteiger partial charge >= 0.3 is 5.97 Å². The number of carbonyl (C=O) groups excluding carboxylic acids is 2. The average molecular weight is 367 g/mol. The van der Waals surface area contributed by atoms with Gasteiger partial charge in [-0.1, -0.05) is 11.6 Å². The molecule has 6 heteroatoms. The maximum Gasteiger partial charge on any atom is 0.343 e. The van der Waals surface area contributed by atoms with Crippen LogP contribution < -0.4 is 9.47 Å². The minimum absolute atomic E-state index is 0.149. The van der Waals surface area contributed by atoms with Crippen molar-refractivity contribution in [3.63, 3.8) is 0 Å². The monoisotopic (exact) mass is 366 g/mol. The van der Waals surface area contributed by atoms with Gasteiger partial charge in [0.15, 0.2) is 5.76 Å². The zero-order valence-corrected chi connectivity index (χ0v) is 14.0. The summed E-state index contributed by atoms with van der Waals surface area (Å²) in [7, 11) is 0. The summed E-state index contributed by atoms with van der Waals surface area (Å²) >= 11 is 5.81. The number of furan rings is 1.